The highest BCUT2D eigenvalue weighted by Gasteiger charge is 2.22. The number of hydrogen-bond acceptors (Lipinski definition) is 0. The molecule has 0 amide bonds. The van der Waals surface area contributed by atoms with E-state index < -0.39 is 0 Å². The SMILES string of the molecule is CCC(C)CCC(C)(C)CC(C)C(C)C. The third-order valence-corrected chi connectivity index (χ3v) is 4.02. The van der Waals surface area contributed by atoms with Gasteiger partial charge in [0.05, 0.1) is 0 Å². The lowest BCUT2D eigenvalue weighted by Gasteiger charge is -2.30. The van der Waals surface area contributed by atoms with Gasteiger partial charge in [0.1, 0.15) is 0 Å². The first-order valence-electron chi connectivity index (χ1n) is 6.78. The van der Waals surface area contributed by atoms with Crippen molar-refractivity contribution in [3.05, 3.63) is 0 Å². The van der Waals surface area contributed by atoms with E-state index in [4.69, 9.17) is 0 Å². The first-order valence-corrected chi connectivity index (χ1v) is 6.78. The Hall–Kier alpha value is 0. The molecule has 0 aromatic carbocycles. The van der Waals surface area contributed by atoms with Crippen LogP contribution in [0.25, 0.3) is 0 Å². The molecule has 15 heavy (non-hydrogen) atoms. The van der Waals surface area contributed by atoms with E-state index in [1.165, 1.54) is 25.7 Å². The fraction of sp³-hybridized carbons (Fsp3) is 1.00. The van der Waals surface area contributed by atoms with Crippen molar-refractivity contribution in [2.24, 2.45) is 23.2 Å². The molecule has 0 rings (SSSR count). The average Bonchev–Trinajstić information content (AvgIpc) is 2.13. The van der Waals surface area contributed by atoms with Gasteiger partial charge in [0.25, 0.3) is 0 Å². The molecule has 0 nitrogen and oxygen atoms in total. The van der Waals surface area contributed by atoms with Crippen molar-refractivity contribution in [3.63, 3.8) is 0 Å². The fourth-order valence-corrected chi connectivity index (χ4v) is 2.05. The van der Waals surface area contributed by atoms with Crippen molar-refractivity contribution < 1.29 is 0 Å². The average molecular weight is 212 g/mol. The van der Waals surface area contributed by atoms with Gasteiger partial charge in [-0.1, -0.05) is 61.3 Å². The maximum atomic E-state index is 2.44. The summed E-state index contributed by atoms with van der Waals surface area (Å²) in [4.78, 5) is 0. The van der Waals surface area contributed by atoms with Gasteiger partial charge in [-0.15, -0.1) is 0 Å². The lowest BCUT2D eigenvalue weighted by atomic mass is 9.75. The Kier molecular flexibility index (Phi) is 6.55. The standard InChI is InChI=1S/C15H32/c1-8-13(4)9-10-15(6,7)11-14(5)12(2)3/h12-14H,8-11H2,1-7H3. The van der Waals surface area contributed by atoms with Crippen LogP contribution in [0.15, 0.2) is 0 Å². The van der Waals surface area contributed by atoms with Crippen molar-refractivity contribution in [2.75, 3.05) is 0 Å². The lowest BCUT2D eigenvalue weighted by Crippen LogP contribution is -2.19. The van der Waals surface area contributed by atoms with E-state index in [0.29, 0.717) is 5.41 Å². The largest absolute Gasteiger partial charge is 0.0651 e. The van der Waals surface area contributed by atoms with Gasteiger partial charge >= 0.3 is 0 Å². The molecule has 0 aliphatic rings. The van der Waals surface area contributed by atoms with Crippen LogP contribution >= 0.6 is 0 Å². The summed E-state index contributed by atoms with van der Waals surface area (Å²) in [6.45, 7) is 16.6. The highest BCUT2D eigenvalue weighted by atomic mass is 14.3. The van der Waals surface area contributed by atoms with E-state index in [0.717, 1.165) is 17.8 Å². The van der Waals surface area contributed by atoms with Gasteiger partial charge in [0.2, 0.25) is 0 Å². The highest BCUT2D eigenvalue weighted by molar-refractivity contribution is 4.74. The third-order valence-electron chi connectivity index (χ3n) is 4.02. The van der Waals surface area contributed by atoms with Crippen LogP contribution in [0.5, 0.6) is 0 Å². The van der Waals surface area contributed by atoms with Crippen LogP contribution in [0.3, 0.4) is 0 Å². The van der Waals surface area contributed by atoms with E-state index >= 15 is 0 Å². The van der Waals surface area contributed by atoms with Crippen molar-refractivity contribution in [3.8, 4) is 0 Å². The molecule has 0 aliphatic carbocycles. The van der Waals surface area contributed by atoms with Gasteiger partial charge in [0, 0.05) is 0 Å². The fourth-order valence-electron chi connectivity index (χ4n) is 2.05. The summed E-state index contributed by atoms with van der Waals surface area (Å²) in [5.41, 5.74) is 0.535. The van der Waals surface area contributed by atoms with Crippen LogP contribution in [-0.4, -0.2) is 0 Å². The smallest absolute Gasteiger partial charge is 0.0351 e. The van der Waals surface area contributed by atoms with Gasteiger partial charge in [-0.25, -0.2) is 0 Å². The zero-order valence-corrected chi connectivity index (χ0v) is 12.1. The molecule has 0 heterocycles. The number of rotatable bonds is 7. The Morgan fingerprint density at radius 2 is 1.53 bits per heavy atom. The molecule has 92 valence electrons. The predicted molar refractivity (Wildman–Crippen MR) is 71.1 cm³/mol. The van der Waals surface area contributed by atoms with E-state index in [2.05, 4.69) is 48.5 Å². The Balaban J connectivity index is 3.96. The molecule has 0 heteroatoms. The first-order chi connectivity index (χ1) is 6.78. The van der Waals surface area contributed by atoms with E-state index in [1.54, 1.807) is 0 Å². The third kappa shape index (κ3) is 6.98. The van der Waals surface area contributed by atoms with Gasteiger partial charge in [-0.05, 0) is 36.0 Å². The van der Waals surface area contributed by atoms with Crippen molar-refractivity contribution in [1.82, 2.24) is 0 Å². The zero-order chi connectivity index (χ0) is 12.1. The summed E-state index contributed by atoms with van der Waals surface area (Å²) in [7, 11) is 0. The molecule has 0 saturated heterocycles. The summed E-state index contributed by atoms with van der Waals surface area (Å²) < 4.78 is 0. The minimum Gasteiger partial charge on any atom is -0.0651 e. The second-order valence-electron chi connectivity index (χ2n) is 6.64. The molecule has 0 aliphatic heterocycles. The molecule has 0 spiro atoms. The second kappa shape index (κ2) is 6.55. The van der Waals surface area contributed by atoms with Gasteiger partial charge in [0.15, 0.2) is 0 Å². The van der Waals surface area contributed by atoms with Crippen LogP contribution in [0.4, 0.5) is 0 Å². The predicted octanol–water partition coefficient (Wildman–Crippen LogP) is 5.52. The minimum absolute atomic E-state index is 0.535. The summed E-state index contributed by atoms with van der Waals surface area (Å²) in [5, 5.41) is 0. The maximum Gasteiger partial charge on any atom is -0.0351 e. The van der Waals surface area contributed by atoms with Gasteiger partial charge in [-0.2, -0.15) is 0 Å². The van der Waals surface area contributed by atoms with Crippen LogP contribution in [0.1, 0.15) is 74.1 Å². The van der Waals surface area contributed by atoms with Gasteiger partial charge < -0.3 is 0 Å². The van der Waals surface area contributed by atoms with Crippen molar-refractivity contribution in [2.45, 2.75) is 74.1 Å². The normalized spacial score (nSPS) is 16.8. The van der Waals surface area contributed by atoms with Crippen molar-refractivity contribution >= 4 is 0 Å². The molecular weight excluding hydrogens is 180 g/mol. The van der Waals surface area contributed by atoms with Gasteiger partial charge in [-0.3, -0.25) is 0 Å². The summed E-state index contributed by atoms with van der Waals surface area (Å²) in [5.74, 6) is 2.59. The van der Waals surface area contributed by atoms with E-state index in [-0.39, 0.29) is 0 Å². The Labute approximate surface area is 97.8 Å². The number of hydrogen-bond donors (Lipinski definition) is 0. The Morgan fingerprint density at radius 1 is 1.00 bits per heavy atom. The van der Waals surface area contributed by atoms with E-state index in [1.807, 2.05) is 0 Å². The molecule has 0 bridgehead atoms. The molecule has 0 saturated carbocycles. The molecule has 2 unspecified atom stereocenters. The molecule has 0 N–H and O–H groups in total. The molecular formula is C15H32. The summed E-state index contributed by atoms with van der Waals surface area (Å²) in [6.07, 6.45) is 5.49. The van der Waals surface area contributed by atoms with Crippen LogP contribution in [-0.2, 0) is 0 Å². The quantitative estimate of drug-likeness (QED) is 0.521. The van der Waals surface area contributed by atoms with Crippen LogP contribution in [0.2, 0.25) is 0 Å². The van der Waals surface area contributed by atoms with Crippen molar-refractivity contribution in [1.29, 1.82) is 0 Å². The van der Waals surface area contributed by atoms with Crippen LogP contribution in [0, 0.1) is 23.2 Å². The zero-order valence-electron chi connectivity index (χ0n) is 12.1. The summed E-state index contributed by atoms with van der Waals surface area (Å²) >= 11 is 0. The topological polar surface area (TPSA) is 0 Å². The minimum atomic E-state index is 0.535. The Bertz CT molecular complexity index is 155. The molecule has 0 fully saturated rings. The highest BCUT2D eigenvalue weighted by Crippen LogP contribution is 2.34. The lowest BCUT2D eigenvalue weighted by molar-refractivity contribution is 0.208. The molecule has 0 radical (unpaired) electrons. The second-order valence-corrected chi connectivity index (χ2v) is 6.64. The first kappa shape index (κ1) is 15.0. The molecule has 0 aromatic rings. The maximum absolute atomic E-state index is 2.44. The monoisotopic (exact) mass is 212 g/mol. The van der Waals surface area contributed by atoms with E-state index in [9.17, 15) is 0 Å². The molecule has 2 atom stereocenters. The summed E-state index contributed by atoms with van der Waals surface area (Å²) in [6, 6.07) is 0. The molecule has 0 aromatic heterocycles. The van der Waals surface area contributed by atoms with Crippen LogP contribution < -0.4 is 0 Å². The Morgan fingerprint density at radius 3 is 1.93 bits per heavy atom.